The molecule has 4 N–H and O–H groups in total. The maximum atomic E-state index is 11.3. The summed E-state index contributed by atoms with van der Waals surface area (Å²) in [4.78, 5) is 11.9. The number of aromatic carboxylic acids is 1. The van der Waals surface area contributed by atoms with Gasteiger partial charge in [-0.25, -0.2) is 18.4 Å². The average molecular weight is 304 g/mol. The molecule has 1 rings (SSSR count). The average Bonchev–Trinajstić information content (AvgIpc) is 2.27. The number of sulfonamides is 1. The number of nitrogens with two attached hydrogens (primary N) is 1. The molecular weight excluding hydrogens is 288 g/mol. The fourth-order valence-electron chi connectivity index (χ4n) is 1.50. The van der Waals surface area contributed by atoms with E-state index in [4.69, 9.17) is 5.14 Å². The SMILES string of the molecule is CCSc1cccc(NCCS(N)(=O)=O)c1C(=O)O. The molecule has 0 aliphatic heterocycles. The molecule has 0 unspecified atom stereocenters. The van der Waals surface area contributed by atoms with Crippen molar-refractivity contribution < 1.29 is 18.3 Å². The van der Waals surface area contributed by atoms with Crippen LogP contribution in [-0.4, -0.2) is 37.5 Å². The molecule has 6 nitrogen and oxygen atoms in total. The monoisotopic (exact) mass is 304 g/mol. The lowest BCUT2D eigenvalue weighted by atomic mass is 10.2. The molecule has 0 fully saturated rings. The fraction of sp³-hybridized carbons (Fsp3) is 0.364. The second kappa shape index (κ2) is 6.78. The number of carbonyl (C=O) groups is 1. The minimum absolute atomic E-state index is 0.0688. The maximum absolute atomic E-state index is 11.3. The highest BCUT2D eigenvalue weighted by Gasteiger charge is 2.15. The van der Waals surface area contributed by atoms with Gasteiger partial charge in [0.2, 0.25) is 10.0 Å². The van der Waals surface area contributed by atoms with Crippen LogP contribution in [0, 0.1) is 0 Å². The van der Waals surface area contributed by atoms with Crippen molar-refractivity contribution in [2.75, 3.05) is 23.4 Å². The van der Waals surface area contributed by atoms with Crippen LogP contribution in [0.2, 0.25) is 0 Å². The Morgan fingerprint density at radius 1 is 1.47 bits per heavy atom. The van der Waals surface area contributed by atoms with E-state index in [1.807, 2.05) is 6.92 Å². The number of thioether (sulfide) groups is 1. The summed E-state index contributed by atoms with van der Waals surface area (Å²) in [5.41, 5.74) is 0.554. The van der Waals surface area contributed by atoms with Gasteiger partial charge in [-0.1, -0.05) is 13.0 Å². The quantitative estimate of drug-likeness (QED) is 0.653. The van der Waals surface area contributed by atoms with Gasteiger partial charge >= 0.3 is 5.97 Å². The molecule has 0 bridgehead atoms. The molecule has 1 aromatic rings. The molecule has 0 radical (unpaired) electrons. The summed E-state index contributed by atoms with van der Waals surface area (Å²) in [5.74, 6) is -0.548. The molecule has 0 aliphatic rings. The Kier molecular flexibility index (Phi) is 5.64. The molecule has 0 aliphatic carbocycles. The molecule has 106 valence electrons. The van der Waals surface area contributed by atoms with E-state index in [1.54, 1.807) is 18.2 Å². The summed E-state index contributed by atoms with van der Waals surface area (Å²) in [7, 11) is -3.56. The fourth-order valence-corrected chi connectivity index (χ4v) is 2.72. The maximum Gasteiger partial charge on any atom is 0.338 e. The Morgan fingerprint density at radius 3 is 2.68 bits per heavy atom. The van der Waals surface area contributed by atoms with Crippen LogP contribution in [0.1, 0.15) is 17.3 Å². The van der Waals surface area contributed by atoms with Crippen LogP contribution in [0.15, 0.2) is 23.1 Å². The number of nitrogens with one attached hydrogen (secondary N) is 1. The standard InChI is InChI=1S/C11H16N2O4S2/c1-2-18-9-5-3-4-8(10(9)11(14)15)13-6-7-19(12,16)17/h3-5,13H,2,6-7H2,1H3,(H,14,15)(H2,12,16,17). The summed E-state index contributed by atoms with van der Waals surface area (Å²) in [5, 5.41) is 16.9. The summed E-state index contributed by atoms with van der Waals surface area (Å²) in [6, 6.07) is 5.05. The molecule has 1 aromatic carbocycles. The predicted molar refractivity (Wildman–Crippen MR) is 76.3 cm³/mol. The predicted octanol–water partition coefficient (Wildman–Crippen LogP) is 1.20. The van der Waals surface area contributed by atoms with E-state index in [9.17, 15) is 18.3 Å². The molecule has 19 heavy (non-hydrogen) atoms. The van der Waals surface area contributed by atoms with Gasteiger partial charge in [0.25, 0.3) is 0 Å². The first-order valence-electron chi connectivity index (χ1n) is 5.58. The number of anilines is 1. The van der Waals surface area contributed by atoms with E-state index in [2.05, 4.69) is 5.32 Å². The van der Waals surface area contributed by atoms with Gasteiger partial charge in [0.1, 0.15) is 0 Å². The third-order valence-corrected chi connectivity index (χ3v) is 3.96. The van der Waals surface area contributed by atoms with Crippen molar-refractivity contribution in [3.8, 4) is 0 Å². The Morgan fingerprint density at radius 2 is 2.16 bits per heavy atom. The number of benzene rings is 1. The van der Waals surface area contributed by atoms with Gasteiger partial charge < -0.3 is 10.4 Å². The first-order chi connectivity index (χ1) is 8.85. The molecule has 0 aromatic heterocycles. The minimum Gasteiger partial charge on any atom is -0.478 e. The molecule has 0 amide bonds. The molecule has 0 atom stereocenters. The smallest absolute Gasteiger partial charge is 0.338 e. The normalized spacial score (nSPS) is 11.3. The van der Waals surface area contributed by atoms with Gasteiger partial charge in [0, 0.05) is 17.1 Å². The van der Waals surface area contributed by atoms with Crippen LogP contribution in [0.25, 0.3) is 0 Å². The number of primary sulfonamides is 1. The van der Waals surface area contributed by atoms with Crippen molar-refractivity contribution >= 4 is 33.4 Å². The molecule has 0 saturated heterocycles. The Bertz CT molecular complexity index is 558. The van der Waals surface area contributed by atoms with Gasteiger partial charge in [0.15, 0.2) is 0 Å². The Hall–Kier alpha value is -1.25. The molecule has 0 spiro atoms. The van der Waals surface area contributed by atoms with Gasteiger partial charge in [-0.2, -0.15) is 0 Å². The van der Waals surface area contributed by atoms with Crippen LogP contribution < -0.4 is 10.5 Å². The van der Waals surface area contributed by atoms with E-state index in [0.717, 1.165) is 5.75 Å². The Labute approximate surface area is 116 Å². The minimum atomic E-state index is -3.56. The lowest BCUT2D eigenvalue weighted by Gasteiger charge is -2.12. The Balaban J connectivity index is 2.93. The van der Waals surface area contributed by atoms with E-state index in [0.29, 0.717) is 10.6 Å². The summed E-state index contributed by atoms with van der Waals surface area (Å²) in [6.45, 7) is 2.00. The number of hydrogen-bond donors (Lipinski definition) is 3. The van der Waals surface area contributed by atoms with Crippen molar-refractivity contribution in [2.24, 2.45) is 5.14 Å². The van der Waals surface area contributed by atoms with Gasteiger partial charge in [-0.15, -0.1) is 11.8 Å². The zero-order valence-electron chi connectivity index (χ0n) is 10.4. The summed E-state index contributed by atoms with van der Waals surface area (Å²) >= 11 is 1.42. The van der Waals surface area contributed by atoms with Crippen molar-refractivity contribution in [3.63, 3.8) is 0 Å². The first-order valence-corrected chi connectivity index (χ1v) is 8.28. The number of rotatable bonds is 7. The zero-order chi connectivity index (χ0) is 14.5. The molecular formula is C11H16N2O4S2. The third kappa shape index (κ3) is 5.09. The highest BCUT2D eigenvalue weighted by Crippen LogP contribution is 2.28. The van der Waals surface area contributed by atoms with E-state index in [1.165, 1.54) is 11.8 Å². The summed E-state index contributed by atoms with van der Waals surface area (Å²) in [6.07, 6.45) is 0. The third-order valence-electron chi connectivity index (χ3n) is 2.24. The van der Waals surface area contributed by atoms with Crippen LogP contribution in [0.5, 0.6) is 0 Å². The number of carboxylic acids is 1. The van der Waals surface area contributed by atoms with E-state index in [-0.39, 0.29) is 17.9 Å². The van der Waals surface area contributed by atoms with Crippen molar-refractivity contribution in [2.45, 2.75) is 11.8 Å². The highest BCUT2D eigenvalue weighted by molar-refractivity contribution is 7.99. The van der Waals surface area contributed by atoms with Gasteiger partial charge in [-0.3, -0.25) is 0 Å². The zero-order valence-corrected chi connectivity index (χ0v) is 12.1. The largest absolute Gasteiger partial charge is 0.478 e. The van der Waals surface area contributed by atoms with Crippen molar-refractivity contribution in [1.29, 1.82) is 0 Å². The van der Waals surface area contributed by atoms with E-state index < -0.39 is 16.0 Å². The van der Waals surface area contributed by atoms with E-state index >= 15 is 0 Å². The van der Waals surface area contributed by atoms with Gasteiger partial charge in [-0.05, 0) is 17.9 Å². The molecule has 0 heterocycles. The molecule has 0 saturated carbocycles. The van der Waals surface area contributed by atoms with Gasteiger partial charge in [0.05, 0.1) is 11.3 Å². The number of carboxylic acid groups (broad SMARTS) is 1. The van der Waals surface area contributed by atoms with Crippen LogP contribution in [0.4, 0.5) is 5.69 Å². The lowest BCUT2D eigenvalue weighted by molar-refractivity contribution is 0.0694. The second-order valence-electron chi connectivity index (χ2n) is 3.71. The van der Waals surface area contributed by atoms with Crippen LogP contribution in [0.3, 0.4) is 0 Å². The van der Waals surface area contributed by atoms with Crippen LogP contribution in [-0.2, 0) is 10.0 Å². The summed E-state index contributed by atoms with van der Waals surface area (Å²) < 4.78 is 21.7. The van der Waals surface area contributed by atoms with Crippen molar-refractivity contribution in [3.05, 3.63) is 23.8 Å². The van der Waals surface area contributed by atoms with Crippen molar-refractivity contribution in [1.82, 2.24) is 0 Å². The number of hydrogen-bond acceptors (Lipinski definition) is 5. The molecule has 8 heteroatoms. The topological polar surface area (TPSA) is 109 Å². The second-order valence-corrected chi connectivity index (χ2v) is 6.75. The lowest BCUT2D eigenvalue weighted by Crippen LogP contribution is -2.23. The van der Waals surface area contributed by atoms with Crippen LogP contribution >= 0.6 is 11.8 Å². The first kappa shape index (κ1) is 15.8. The highest BCUT2D eigenvalue weighted by atomic mass is 32.2.